The average molecular weight is 228 g/mol. The summed E-state index contributed by atoms with van der Waals surface area (Å²) in [5, 5.41) is 8.97. The highest BCUT2D eigenvalue weighted by molar-refractivity contribution is 5.73. The van der Waals surface area contributed by atoms with E-state index in [9.17, 15) is 4.79 Å². The van der Waals surface area contributed by atoms with Gasteiger partial charge in [-0.05, 0) is 33.2 Å². The molecule has 4 heteroatoms. The van der Waals surface area contributed by atoms with Gasteiger partial charge in [0.2, 0.25) is 5.91 Å². The highest BCUT2D eigenvalue weighted by Gasteiger charge is 2.27. The van der Waals surface area contributed by atoms with E-state index in [1.807, 2.05) is 18.7 Å². The SMILES string of the molecule is CC(=O)N(C[C@H]1CCCN1CCO)C(C)C. The predicted octanol–water partition coefficient (Wildman–Crippen LogP) is 0.700. The molecule has 0 aromatic heterocycles. The maximum absolute atomic E-state index is 11.5. The van der Waals surface area contributed by atoms with Gasteiger partial charge in [-0.2, -0.15) is 0 Å². The van der Waals surface area contributed by atoms with Gasteiger partial charge in [0.25, 0.3) is 0 Å². The summed E-state index contributed by atoms with van der Waals surface area (Å²) in [5.41, 5.74) is 0. The zero-order valence-corrected chi connectivity index (χ0v) is 10.6. The van der Waals surface area contributed by atoms with E-state index in [0.717, 1.165) is 26.1 Å². The van der Waals surface area contributed by atoms with Crippen LogP contribution in [0, 0.1) is 0 Å². The number of carbonyl (C=O) groups excluding carboxylic acids is 1. The molecule has 0 spiro atoms. The molecule has 4 nitrogen and oxygen atoms in total. The largest absolute Gasteiger partial charge is 0.395 e. The van der Waals surface area contributed by atoms with Gasteiger partial charge in [0.05, 0.1) is 6.61 Å². The van der Waals surface area contributed by atoms with Gasteiger partial charge in [-0.1, -0.05) is 0 Å². The highest BCUT2D eigenvalue weighted by atomic mass is 16.3. The minimum Gasteiger partial charge on any atom is -0.395 e. The van der Waals surface area contributed by atoms with Gasteiger partial charge >= 0.3 is 0 Å². The first-order valence-electron chi connectivity index (χ1n) is 6.18. The van der Waals surface area contributed by atoms with Crippen LogP contribution in [0.25, 0.3) is 0 Å². The molecule has 1 aliphatic heterocycles. The lowest BCUT2D eigenvalue weighted by Gasteiger charge is -2.32. The van der Waals surface area contributed by atoms with E-state index in [-0.39, 0.29) is 18.6 Å². The molecular formula is C12H24N2O2. The van der Waals surface area contributed by atoms with Crippen molar-refractivity contribution in [3.8, 4) is 0 Å². The first-order valence-corrected chi connectivity index (χ1v) is 6.18. The summed E-state index contributed by atoms with van der Waals surface area (Å²) in [7, 11) is 0. The Hall–Kier alpha value is -0.610. The van der Waals surface area contributed by atoms with Crippen molar-refractivity contribution in [2.75, 3.05) is 26.2 Å². The molecule has 94 valence electrons. The lowest BCUT2D eigenvalue weighted by Crippen LogP contribution is -2.45. The van der Waals surface area contributed by atoms with Crippen LogP contribution >= 0.6 is 0 Å². The molecule has 1 fully saturated rings. The van der Waals surface area contributed by atoms with Crippen molar-refractivity contribution in [1.82, 2.24) is 9.80 Å². The second kappa shape index (κ2) is 6.21. The summed E-state index contributed by atoms with van der Waals surface area (Å²) in [4.78, 5) is 15.7. The second-order valence-corrected chi connectivity index (χ2v) is 4.82. The molecule has 0 bridgehead atoms. The van der Waals surface area contributed by atoms with Gasteiger partial charge in [-0.25, -0.2) is 0 Å². The quantitative estimate of drug-likeness (QED) is 0.753. The molecule has 1 saturated heterocycles. The van der Waals surface area contributed by atoms with Gasteiger partial charge in [0.15, 0.2) is 0 Å². The zero-order valence-electron chi connectivity index (χ0n) is 10.6. The summed E-state index contributed by atoms with van der Waals surface area (Å²) >= 11 is 0. The van der Waals surface area contributed by atoms with E-state index in [1.165, 1.54) is 6.42 Å². The molecule has 1 N–H and O–H groups in total. The Morgan fingerprint density at radius 1 is 1.56 bits per heavy atom. The van der Waals surface area contributed by atoms with Crippen molar-refractivity contribution in [2.45, 2.75) is 45.7 Å². The fourth-order valence-corrected chi connectivity index (χ4v) is 2.45. The Balaban J connectivity index is 2.53. The van der Waals surface area contributed by atoms with Crippen molar-refractivity contribution in [2.24, 2.45) is 0 Å². The Bertz CT molecular complexity index is 231. The minimum atomic E-state index is 0.144. The van der Waals surface area contributed by atoms with Crippen LogP contribution in [0.2, 0.25) is 0 Å². The fraction of sp³-hybridized carbons (Fsp3) is 0.917. The summed E-state index contributed by atoms with van der Waals surface area (Å²) in [6.07, 6.45) is 2.31. The third-order valence-electron chi connectivity index (χ3n) is 3.32. The summed E-state index contributed by atoms with van der Waals surface area (Å²) in [6.45, 7) is 8.51. The molecule has 1 amide bonds. The number of likely N-dealkylation sites (tertiary alicyclic amines) is 1. The maximum atomic E-state index is 11.5. The van der Waals surface area contributed by atoms with Gasteiger partial charge in [0, 0.05) is 32.1 Å². The molecular weight excluding hydrogens is 204 g/mol. The molecule has 0 unspecified atom stereocenters. The number of carbonyl (C=O) groups is 1. The predicted molar refractivity (Wildman–Crippen MR) is 64.2 cm³/mol. The van der Waals surface area contributed by atoms with E-state index < -0.39 is 0 Å². The van der Waals surface area contributed by atoms with E-state index in [2.05, 4.69) is 4.90 Å². The van der Waals surface area contributed by atoms with Gasteiger partial charge in [0.1, 0.15) is 0 Å². The standard InChI is InChI=1S/C12H24N2O2/c1-10(2)14(11(3)16)9-12-5-4-6-13(12)7-8-15/h10,12,15H,4-9H2,1-3H3/t12-/m1/s1. The number of hydrogen-bond donors (Lipinski definition) is 1. The monoisotopic (exact) mass is 228 g/mol. The smallest absolute Gasteiger partial charge is 0.219 e. The van der Waals surface area contributed by atoms with Crippen molar-refractivity contribution < 1.29 is 9.90 Å². The number of β-amino-alcohol motifs (C(OH)–C–C–N with tert-alkyl or cyclic N) is 1. The number of nitrogens with zero attached hydrogens (tertiary/aromatic N) is 2. The van der Waals surface area contributed by atoms with Gasteiger partial charge < -0.3 is 10.0 Å². The number of rotatable bonds is 5. The molecule has 16 heavy (non-hydrogen) atoms. The minimum absolute atomic E-state index is 0.144. The number of aliphatic hydroxyl groups excluding tert-OH is 1. The molecule has 0 aromatic rings. The topological polar surface area (TPSA) is 43.8 Å². The van der Waals surface area contributed by atoms with E-state index in [4.69, 9.17) is 5.11 Å². The Labute approximate surface area is 98.2 Å². The molecule has 0 radical (unpaired) electrons. The first-order chi connectivity index (χ1) is 7.56. The average Bonchev–Trinajstić information content (AvgIpc) is 2.61. The fourth-order valence-electron chi connectivity index (χ4n) is 2.45. The van der Waals surface area contributed by atoms with Crippen LogP contribution in [0.4, 0.5) is 0 Å². The zero-order chi connectivity index (χ0) is 12.1. The van der Waals surface area contributed by atoms with Crippen molar-refractivity contribution >= 4 is 5.91 Å². The van der Waals surface area contributed by atoms with E-state index >= 15 is 0 Å². The van der Waals surface area contributed by atoms with Crippen molar-refractivity contribution in [3.63, 3.8) is 0 Å². The molecule has 0 saturated carbocycles. The highest BCUT2D eigenvalue weighted by Crippen LogP contribution is 2.18. The van der Waals surface area contributed by atoms with Crippen molar-refractivity contribution in [1.29, 1.82) is 0 Å². The van der Waals surface area contributed by atoms with Crippen LogP contribution in [0.1, 0.15) is 33.6 Å². The number of amides is 1. The van der Waals surface area contributed by atoms with E-state index in [1.54, 1.807) is 6.92 Å². The molecule has 1 aliphatic rings. The van der Waals surface area contributed by atoms with Crippen molar-refractivity contribution in [3.05, 3.63) is 0 Å². The van der Waals surface area contributed by atoms with Crippen LogP contribution < -0.4 is 0 Å². The lowest BCUT2D eigenvalue weighted by molar-refractivity contribution is -0.131. The second-order valence-electron chi connectivity index (χ2n) is 4.82. The van der Waals surface area contributed by atoms with E-state index in [0.29, 0.717) is 6.04 Å². The number of hydrogen-bond acceptors (Lipinski definition) is 3. The molecule has 1 rings (SSSR count). The molecule has 0 aliphatic carbocycles. The Kier molecular flexibility index (Phi) is 5.22. The normalized spacial score (nSPS) is 21.7. The third kappa shape index (κ3) is 3.46. The maximum Gasteiger partial charge on any atom is 0.219 e. The van der Waals surface area contributed by atoms with Gasteiger partial charge in [-0.3, -0.25) is 9.69 Å². The first kappa shape index (κ1) is 13.5. The van der Waals surface area contributed by atoms with Crippen LogP contribution in [0.3, 0.4) is 0 Å². The summed E-state index contributed by atoms with van der Waals surface area (Å²) in [5.74, 6) is 0.144. The van der Waals surface area contributed by atoms with Crippen LogP contribution in [0.15, 0.2) is 0 Å². The number of aliphatic hydroxyl groups is 1. The van der Waals surface area contributed by atoms with Crippen LogP contribution in [-0.4, -0.2) is 59.1 Å². The Morgan fingerprint density at radius 3 is 2.75 bits per heavy atom. The molecule has 1 atom stereocenters. The summed E-state index contributed by atoms with van der Waals surface area (Å²) in [6, 6.07) is 0.688. The van der Waals surface area contributed by atoms with Gasteiger partial charge in [-0.15, -0.1) is 0 Å². The third-order valence-corrected chi connectivity index (χ3v) is 3.32. The Morgan fingerprint density at radius 2 is 2.25 bits per heavy atom. The lowest BCUT2D eigenvalue weighted by atomic mass is 10.2. The van der Waals surface area contributed by atoms with Crippen LogP contribution in [-0.2, 0) is 4.79 Å². The summed E-state index contributed by atoms with van der Waals surface area (Å²) < 4.78 is 0. The van der Waals surface area contributed by atoms with Crippen LogP contribution in [0.5, 0.6) is 0 Å². The molecule has 1 heterocycles. The molecule has 0 aromatic carbocycles.